The second-order valence-electron chi connectivity index (χ2n) is 4.29. The van der Waals surface area contributed by atoms with Crippen molar-refractivity contribution in [2.75, 3.05) is 12.4 Å². The van der Waals surface area contributed by atoms with E-state index in [9.17, 15) is 18.0 Å². The summed E-state index contributed by atoms with van der Waals surface area (Å²) < 4.78 is 43.5. The summed E-state index contributed by atoms with van der Waals surface area (Å²) in [4.78, 5) is 11.7. The van der Waals surface area contributed by atoms with Gasteiger partial charge in [0, 0.05) is 0 Å². The van der Waals surface area contributed by atoms with Crippen LogP contribution in [0.2, 0.25) is 0 Å². The zero-order valence-corrected chi connectivity index (χ0v) is 11.3. The molecule has 0 fully saturated rings. The lowest BCUT2D eigenvalue weighted by Crippen LogP contribution is -2.35. The van der Waals surface area contributed by atoms with Crippen molar-refractivity contribution in [3.8, 4) is 5.75 Å². The highest BCUT2D eigenvalue weighted by Gasteiger charge is 2.34. The first kappa shape index (κ1) is 16.3. The number of carbonyl (C=O) groups is 1. The van der Waals surface area contributed by atoms with Crippen molar-refractivity contribution in [2.24, 2.45) is 5.73 Å². The average Bonchev–Trinajstić information content (AvgIpc) is 2.38. The third kappa shape index (κ3) is 4.12. The number of halogens is 3. The van der Waals surface area contributed by atoms with Gasteiger partial charge in [-0.25, -0.2) is 0 Å². The number of methoxy groups -OCH3 is 1. The molecule has 3 N–H and O–H groups in total. The van der Waals surface area contributed by atoms with E-state index in [0.717, 1.165) is 12.1 Å². The fraction of sp³-hybridized carbons (Fsp3) is 0.462. The summed E-state index contributed by atoms with van der Waals surface area (Å²) in [5.74, 6) is -0.573. The first-order valence-corrected chi connectivity index (χ1v) is 6.11. The number of rotatable bonds is 5. The number of carbonyl (C=O) groups excluding carboxylic acids is 1. The quantitative estimate of drug-likeness (QED) is 0.876. The van der Waals surface area contributed by atoms with Gasteiger partial charge in [0.1, 0.15) is 5.75 Å². The van der Waals surface area contributed by atoms with Crippen molar-refractivity contribution in [3.05, 3.63) is 23.8 Å². The van der Waals surface area contributed by atoms with E-state index in [0.29, 0.717) is 12.8 Å². The lowest BCUT2D eigenvalue weighted by Gasteiger charge is -2.17. The summed E-state index contributed by atoms with van der Waals surface area (Å²) in [6.07, 6.45) is -3.52. The fourth-order valence-electron chi connectivity index (χ4n) is 1.66. The molecule has 0 heterocycles. The predicted molar refractivity (Wildman–Crippen MR) is 69.5 cm³/mol. The Morgan fingerprint density at radius 2 is 2.10 bits per heavy atom. The molecule has 0 bridgehead atoms. The molecule has 1 amide bonds. The van der Waals surface area contributed by atoms with Crippen LogP contribution in [-0.4, -0.2) is 19.1 Å². The maximum Gasteiger partial charge on any atom is 0.418 e. The van der Waals surface area contributed by atoms with Gasteiger partial charge in [-0.3, -0.25) is 4.79 Å². The fourth-order valence-corrected chi connectivity index (χ4v) is 1.66. The van der Waals surface area contributed by atoms with Gasteiger partial charge in [0.15, 0.2) is 0 Å². The van der Waals surface area contributed by atoms with Gasteiger partial charge in [-0.15, -0.1) is 0 Å². The highest BCUT2D eigenvalue weighted by Crippen LogP contribution is 2.37. The van der Waals surface area contributed by atoms with Crippen LogP contribution in [0.5, 0.6) is 5.75 Å². The minimum Gasteiger partial charge on any atom is -0.497 e. The molecule has 20 heavy (non-hydrogen) atoms. The number of benzene rings is 1. The molecule has 0 aliphatic carbocycles. The first-order chi connectivity index (χ1) is 9.29. The average molecular weight is 290 g/mol. The van der Waals surface area contributed by atoms with Gasteiger partial charge >= 0.3 is 6.18 Å². The number of amides is 1. The van der Waals surface area contributed by atoms with E-state index in [1.54, 1.807) is 0 Å². The molecule has 1 atom stereocenters. The summed E-state index contributed by atoms with van der Waals surface area (Å²) in [7, 11) is 1.27. The normalized spacial score (nSPS) is 12.9. The van der Waals surface area contributed by atoms with Crippen LogP contribution in [0, 0.1) is 0 Å². The van der Waals surface area contributed by atoms with E-state index < -0.39 is 23.7 Å². The molecule has 0 aromatic heterocycles. The van der Waals surface area contributed by atoms with Crippen LogP contribution < -0.4 is 15.8 Å². The molecule has 4 nitrogen and oxygen atoms in total. The van der Waals surface area contributed by atoms with Gasteiger partial charge in [-0.05, 0) is 24.6 Å². The number of nitrogens with two attached hydrogens (primary N) is 1. The van der Waals surface area contributed by atoms with Crippen molar-refractivity contribution in [3.63, 3.8) is 0 Å². The van der Waals surface area contributed by atoms with Crippen molar-refractivity contribution >= 4 is 11.6 Å². The molecule has 0 aliphatic heterocycles. The van der Waals surface area contributed by atoms with Crippen LogP contribution in [0.3, 0.4) is 0 Å². The molecule has 0 radical (unpaired) electrons. The number of hydrogen-bond acceptors (Lipinski definition) is 3. The third-order valence-corrected chi connectivity index (χ3v) is 2.73. The highest BCUT2D eigenvalue weighted by atomic mass is 19.4. The Labute approximate surface area is 115 Å². The summed E-state index contributed by atoms with van der Waals surface area (Å²) in [5.41, 5.74) is 4.28. The topological polar surface area (TPSA) is 64.4 Å². The van der Waals surface area contributed by atoms with E-state index >= 15 is 0 Å². The Balaban J connectivity index is 3.03. The number of alkyl halides is 3. The Bertz CT molecular complexity index is 475. The minimum atomic E-state index is -4.59. The highest BCUT2D eigenvalue weighted by molar-refractivity contribution is 5.95. The second-order valence-corrected chi connectivity index (χ2v) is 4.29. The molecule has 0 saturated carbocycles. The standard InChI is InChI=1S/C13H17F3N2O2/c1-3-4-10(17)12(19)18-11-6-5-8(20-2)7-9(11)13(14,15)16/h5-7,10H,3-4,17H2,1-2H3,(H,18,19)/t10-/m1/s1. The van der Waals surface area contributed by atoms with Gasteiger partial charge in [0.05, 0.1) is 24.4 Å². The molecule has 7 heteroatoms. The van der Waals surface area contributed by atoms with Crippen LogP contribution in [0.25, 0.3) is 0 Å². The molecule has 1 aromatic rings. The summed E-state index contributed by atoms with van der Waals surface area (Å²) in [6, 6.07) is 2.50. The lowest BCUT2D eigenvalue weighted by atomic mass is 10.1. The molecule has 0 saturated heterocycles. The van der Waals surface area contributed by atoms with Gasteiger partial charge in [-0.2, -0.15) is 13.2 Å². The smallest absolute Gasteiger partial charge is 0.418 e. The number of ether oxygens (including phenoxy) is 1. The maximum absolute atomic E-state index is 12.9. The van der Waals surface area contributed by atoms with Gasteiger partial charge in [0.2, 0.25) is 5.91 Å². The monoisotopic (exact) mass is 290 g/mol. The van der Waals surface area contributed by atoms with E-state index in [4.69, 9.17) is 10.5 Å². The Morgan fingerprint density at radius 1 is 1.45 bits per heavy atom. The molecular formula is C13H17F3N2O2. The molecular weight excluding hydrogens is 273 g/mol. The van der Waals surface area contributed by atoms with Crippen molar-refractivity contribution in [1.82, 2.24) is 0 Å². The van der Waals surface area contributed by atoms with E-state index in [1.807, 2.05) is 6.92 Å². The number of nitrogens with one attached hydrogen (secondary N) is 1. The third-order valence-electron chi connectivity index (χ3n) is 2.73. The van der Waals surface area contributed by atoms with Gasteiger partial charge in [0.25, 0.3) is 0 Å². The van der Waals surface area contributed by atoms with Crippen molar-refractivity contribution in [2.45, 2.75) is 32.0 Å². The number of anilines is 1. The predicted octanol–water partition coefficient (Wildman–Crippen LogP) is 2.78. The van der Waals surface area contributed by atoms with Crippen LogP contribution >= 0.6 is 0 Å². The maximum atomic E-state index is 12.9. The zero-order valence-electron chi connectivity index (χ0n) is 11.3. The summed E-state index contributed by atoms with van der Waals surface area (Å²) in [6.45, 7) is 1.83. The van der Waals surface area contributed by atoms with Crippen molar-refractivity contribution in [1.29, 1.82) is 0 Å². The summed E-state index contributed by atoms with van der Waals surface area (Å²) >= 11 is 0. The second kappa shape index (κ2) is 6.60. The minimum absolute atomic E-state index is 0.0631. The Kier molecular flexibility index (Phi) is 5.38. The SMILES string of the molecule is CCC[C@@H](N)C(=O)Nc1ccc(OC)cc1C(F)(F)F. The van der Waals surface area contributed by atoms with Crippen LogP contribution in [-0.2, 0) is 11.0 Å². The molecule has 0 spiro atoms. The van der Waals surface area contributed by atoms with Gasteiger partial charge in [-0.1, -0.05) is 13.3 Å². The van der Waals surface area contributed by atoms with Crippen LogP contribution in [0.15, 0.2) is 18.2 Å². The molecule has 0 aliphatic rings. The van der Waals surface area contributed by atoms with Gasteiger partial charge < -0.3 is 15.8 Å². The molecule has 112 valence electrons. The lowest BCUT2D eigenvalue weighted by molar-refractivity contribution is -0.137. The summed E-state index contributed by atoms with van der Waals surface area (Å²) in [5, 5.41) is 2.21. The van der Waals surface area contributed by atoms with Crippen LogP contribution in [0.1, 0.15) is 25.3 Å². The Hall–Kier alpha value is -1.76. The van der Waals surface area contributed by atoms with Crippen LogP contribution in [0.4, 0.5) is 18.9 Å². The first-order valence-electron chi connectivity index (χ1n) is 6.11. The zero-order chi connectivity index (χ0) is 15.3. The van der Waals surface area contributed by atoms with Crippen molar-refractivity contribution < 1.29 is 22.7 Å². The number of hydrogen-bond donors (Lipinski definition) is 2. The molecule has 1 aromatic carbocycles. The molecule has 0 unspecified atom stereocenters. The van der Waals surface area contributed by atoms with E-state index in [-0.39, 0.29) is 11.4 Å². The van der Waals surface area contributed by atoms with E-state index in [2.05, 4.69) is 5.32 Å². The molecule has 1 rings (SSSR count). The van der Waals surface area contributed by atoms with E-state index in [1.165, 1.54) is 13.2 Å². The largest absolute Gasteiger partial charge is 0.497 e. The Morgan fingerprint density at radius 3 is 2.60 bits per heavy atom.